The molecule has 1 N–H and O–H groups in total. The molecule has 0 unspecified atom stereocenters. The minimum absolute atomic E-state index is 0.0880. The first-order chi connectivity index (χ1) is 14.4. The maximum atomic E-state index is 13.2. The third-order valence-electron chi connectivity index (χ3n) is 5.36. The Morgan fingerprint density at radius 3 is 2.29 bits per heavy atom. The van der Waals surface area contributed by atoms with Crippen LogP contribution in [0, 0.1) is 11.3 Å². The molecule has 2 amide bonds. The average molecular weight is 428 g/mol. The van der Waals surface area contributed by atoms with Crippen LogP contribution in [0.15, 0.2) is 41.0 Å². The molecule has 2 aromatic rings. The summed E-state index contributed by atoms with van der Waals surface area (Å²) < 4.78 is 5.19. The SMILES string of the molecule is CC(C)[C@H](C)N(Cc1cc(NC(=O)c2ccco2)ccc1N(C)C)C(=O)CC(C)(C)C. The van der Waals surface area contributed by atoms with Gasteiger partial charge in [-0.15, -0.1) is 0 Å². The zero-order valence-electron chi connectivity index (χ0n) is 20.2. The predicted octanol–water partition coefficient (Wildman–Crippen LogP) is 5.41. The van der Waals surface area contributed by atoms with Gasteiger partial charge in [-0.25, -0.2) is 0 Å². The molecule has 0 aliphatic heterocycles. The van der Waals surface area contributed by atoms with Crippen LogP contribution in [0.4, 0.5) is 11.4 Å². The number of furan rings is 1. The number of carbonyl (C=O) groups is 2. The normalized spacial score (nSPS) is 12.5. The van der Waals surface area contributed by atoms with E-state index in [9.17, 15) is 9.59 Å². The third kappa shape index (κ3) is 6.88. The maximum absolute atomic E-state index is 13.2. The van der Waals surface area contributed by atoms with Crippen molar-refractivity contribution < 1.29 is 14.0 Å². The van der Waals surface area contributed by atoms with Gasteiger partial charge in [0.2, 0.25) is 5.91 Å². The molecule has 2 rings (SSSR count). The van der Waals surface area contributed by atoms with Crippen LogP contribution in [-0.2, 0) is 11.3 Å². The number of amides is 2. The summed E-state index contributed by atoms with van der Waals surface area (Å²) in [4.78, 5) is 29.6. The lowest BCUT2D eigenvalue weighted by molar-refractivity contribution is -0.136. The van der Waals surface area contributed by atoms with Crippen molar-refractivity contribution in [2.24, 2.45) is 11.3 Å². The fourth-order valence-corrected chi connectivity index (χ4v) is 3.38. The first kappa shape index (κ1) is 24.5. The Labute approximate surface area is 186 Å². The number of benzene rings is 1. The summed E-state index contributed by atoms with van der Waals surface area (Å²) >= 11 is 0. The Bertz CT molecular complexity index is 880. The van der Waals surface area contributed by atoms with Gasteiger partial charge in [-0.2, -0.15) is 0 Å². The summed E-state index contributed by atoms with van der Waals surface area (Å²) in [6.45, 7) is 13.1. The van der Waals surface area contributed by atoms with Crippen molar-refractivity contribution in [1.82, 2.24) is 4.90 Å². The number of anilines is 2. The molecular weight excluding hydrogens is 390 g/mol. The van der Waals surface area contributed by atoms with E-state index in [1.165, 1.54) is 6.26 Å². The lowest BCUT2D eigenvalue weighted by atomic mass is 9.90. The second-order valence-electron chi connectivity index (χ2n) is 9.91. The van der Waals surface area contributed by atoms with E-state index >= 15 is 0 Å². The first-order valence-corrected chi connectivity index (χ1v) is 10.8. The van der Waals surface area contributed by atoms with Gasteiger partial charge in [-0.05, 0) is 54.2 Å². The van der Waals surface area contributed by atoms with Crippen molar-refractivity contribution in [3.8, 4) is 0 Å². The number of hydrogen-bond donors (Lipinski definition) is 1. The molecule has 6 heteroatoms. The summed E-state index contributed by atoms with van der Waals surface area (Å²) in [5, 5.41) is 2.89. The number of nitrogens with one attached hydrogen (secondary N) is 1. The van der Waals surface area contributed by atoms with E-state index in [1.807, 2.05) is 42.1 Å². The summed E-state index contributed by atoms with van der Waals surface area (Å²) in [5.74, 6) is 0.426. The van der Waals surface area contributed by atoms with Gasteiger partial charge < -0.3 is 19.5 Å². The van der Waals surface area contributed by atoms with Gasteiger partial charge >= 0.3 is 0 Å². The molecule has 0 bridgehead atoms. The summed E-state index contributed by atoms with van der Waals surface area (Å²) in [5.41, 5.74) is 2.58. The van der Waals surface area contributed by atoms with Crippen LogP contribution in [0.2, 0.25) is 0 Å². The molecular formula is C25H37N3O3. The third-order valence-corrected chi connectivity index (χ3v) is 5.36. The highest BCUT2D eigenvalue weighted by Gasteiger charge is 2.27. The Hall–Kier alpha value is -2.76. The first-order valence-electron chi connectivity index (χ1n) is 10.8. The van der Waals surface area contributed by atoms with Crippen molar-refractivity contribution in [3.63, 3.8) is 0 Å². The molecule has 0 spiro atoms. The molecule has 0 aliphatic rings. The summed E-state index contributed by atoms with van der Waals surface area (Å²) in [7, 11) is 3.96. The van der Waals surface area contributed by atoms with Crippen LogP contribution < -0.4 is 10.2 Å². The molecule has 0 saturated heterocycles. The van der Waals surface area contributed by atoms with Crippen LogP contribution in [0.25, 0.3) is 0 Å². The lowest BCUT2D eigenvalue weighted by Gasteiger charge is -2.35. The zero-order chi connectivity index (χ0) is 23.3. The molecule has 1 atom stereocenters. The van der Waals surface area contributed by atoms with Crippen LogP contribution >= 0.6 is 0 Å². The van der Waals surface area contributed by atoms with E-state index in [1.54, 1.807) is 12.1 Å². The standard InChI is InChI=1S/C25H37N3O3/c1-17(2)18(3)28(23(29)15-25(4,5)6)16-19-14-20(11-12-21(19)27(7)8)26-24(30)22-10-9-13-31-22/h9-14,17-18H,15-16H2,1-8H3,(H,26,30)/t18-/m0/s1. The minimum atomic E-state index is -0.301. The molecule has 0 saturated carbocycles. The van der Waals surface area contributed by atoms with Crippen LogP contribution in [0.3, 0.4) is 0 Å². The maximum Gasteiger partial charge on any atom is 0.291 e. The van der Waals surface area contributed by atoms with Crippen molar-refractivity contribution in [2.45, 2.75) is 60.5 Å². The van der Waals surface area contributed by atoms with Crippen molar-refractivity contribution in [1.29, 1.82) is 0 Å². The predicted molar refractivity (Wildman–Crippen MR) is 126 cm³/mol. The molecule has 170 valence electrons. The molecule has 0 aliphatic carbocycles. The number of nitrogens with zero attached hydrogens (tertiary/aromatic N) is 2. The topological polar surface area (TPSA) is 65.8 Å². The van der Waals surface area contributed by atoms with Crippen LogP contribution in [-0.4, -0.2) is 36.9 Å². The number of carbonyl (C=O) groups excluding carboxylic acids is 2. The van der Waals surface area contributed by atoms with E-state index < -0.39 is 0 Å². The second-order valence-corrected chi connectivity index (χ2v) is 9.91. The van der Waals surface area contributed by atoms with Crippen LogP contribution in [0.5, 0.6) is 0 Å². The molecule has 1 aromatic carbocycles. The van der Waals surface area contributed by atoms with Gasteiger partial charge in [0.05, 0.1) is 6.26 Å². The minimum Gasteiger partial charge on any atom is -0.459 e. The van der Waals surface area contributed by atoms with E-state index in [0.29, 0.717) is 24.6 Å². The van der Waals surface area contributed by atoms with E-state index in [-0.39, 0.29) is 29.0 Å². The monoisotopic (exact) mass is 427 g/mol. The Kier molecular flexibility index (Phi) is 7.93. The van der Waals surface area contributed by atoms with Crippen molar-refractivity contribution in [3.05, 3.63) is 47.9 Å². The van der Waals surface area contributed by atoms with Gasteiger partial charge in [0.25, 0.3) is 5.91 Å². The summed E-state index contributed by atoms with van der Waals surface area (Å²) in [6, 6.07) is 9.18. The molecule has 1 aromatic heterocycles. The van der Waals surface area contributed by atoms with Crippen molar-refractivity contribution >= 4 is 23.2 Å². The van der Waals surface area contributed by atoms with Gasteiger partial charge in [0, 0.05) is 44.5 Å². The fraction of sp³-hybridized carbons (Fsp3) is 0.520. The van der Waals surface area contributed by atoms with Crippen LogP contribution in [0.1, 0.15) is 64.1 Å². The highest BCUT2D eigenvalue weighted by molar-refractivity contribution is 6.02. The lowest BCUT2D eigenvalue weighted by Crippen LogP contribution is -2.42. The quantitative estimate of drug-likeness (QED) is 0.612. The van der Waals surface area contributed by atoms with E-state index in [2.05, 4.69) is 46.9 Å². The molecule has 0 fully saturated rings. The largest absolute Gasteiger partial charge is 0.459 e. The highest BCUT2D eigenvalue weighted by Crippen LogP contribution is 2.28. The van der Waals surface area contributed by atoms with Gasteiger partial charge in [-0.1, -0.05) is 34.6 Å². The zero-order valence-corrected chi connectivity index (χ0v) is 20.2. The highest BCUT2D eigenvalue weighted by atomic mass is 16.3. The smallest absolute Gasteiger partial charge is 0.291 e. The number of hydrogen-bond acceptors (Lipinski definition) is 4. The Morgan fingerprint density at radius 1 is 1.10 bits per heavy atom. The summed E-state index contributed by atoms with van der Waals surface area (Å²) in [6.07, 6.45) is 1.96. The Balaban J connectivity index is 2.36. The van der Waals surface area contributed by atoms with E-state index in [4.69, 9.17) is 4.42 Å². The average Bonchev–Trinajstić information content (AvgIpc) is 3.18. The number of rotatable bonds is 8. The fourth-order valence-electron chi connectivity index (χ4n) is 3.38. The van der Waals surface area contributed by atoms with Gasteiger partial charge in [0.1, 0.15) is 0 Å². The molecule has 31 heavy (non-hydrogen) atoms. The molecule has 6 nitrogen and oxygen atoms in total. The molecule has 1 heterocycles. The molecule has 0 radical (unpaired) electrons. The second kappa shape index (κ2) is 10.0. The Morgan fingerprint density at radius 2 is 1.77 bits per heavy atom. The van der Waals surface area contributed by atoms with Gasteiger partial charge in [-0.3, -0.25) is 9.59 Å². The van der Waals surface area contributed by atoms with Gasteiger partial charge in [0.15, 0.2) is 5.76 Å². The van der Waals surface area contributed by atoms with Crippen molar-refractivity contribution in [2.75, 3.05) is 24.3 Å². The van der Waals surface area contributed by atoms with E-state index in [0.717, 1.165) is 11.3 Å².